The van der Waals surface area contributed by atoms with Gasteiger partial charge < -0.3 is 25.2 Å². The van der Waals surface area contributed by atoms with Gasteiger partial charge in [0.05, 0.1) is 6.10 Å². The van der Waals surface area contributed by atoms with Crippen molar-refractivity contribution >= 4 is 28.5 Å². The van der Waals surface area contributed by atoms with E-state index < -0.39 is 23.8 Å². The third-order valence-electron chi connectivity index (χ3n) is 4.61. The number of likely N-dealkylation sites (N-methyl/N-ethyl adjacent to an activating group) is 1. The summed E-state index contributed by atoms with van der Waals surface area (Å²) in [6, 6.07) is 9.32. The Bertz CT molecular complexity index is 1080. The summed E-state index contributed by atoms with van der Waals surface area (Å²) in [7, 11) is 3.38. The Balaban J connectivity index is 1.60. The van der Waals surface area contributed by atoms with Gasteiger partial charge in [0, 0.05) is 55.1 Å². The van der Waals surface area contributed by atoms with Crippen LogP contribution in [0.15, 0.2) is 48.7 Å². The van der Waals surface area contributed by atoms with Crippen molar-refractivity contribution in [3.8, 4) is 0 Å². The van der Waals surface area contributed by atoms with Gasteiger partial charge in [-0.25, -0.2) is 13.6 Å². The van der Waals surface area contributed by atoms with Crippen LogP contribution >= 0.6 is 0 Å². The third kappa shape index (κ3) is 4.93. The fourth-order valence-electron chi connectivity index (χ4n) is 2.95. The highest BCUT2D eigenvalue weighted by Crippen LogP contribution is 2.21. The van der Waals surface area contributed by atoms with Crippen LogP contribution in [0.4, 0.5) is 19.3 Å². The van der Waals surface area contributed by atoms with Crippen LogP contribution in [0.1, 0.15) is 11.7 Å². The van der Waals surface area contributed by atoms with Crippen LogP contribution in [0.2, 0.25) is 0 Å². The van der Waals surface area contributed by atoms with Gasteiger partial charge in [-0.05, 0) is 30.3 Å². The number of carbonyl (C=O) groups excluding carboxylic acids is 2. The normalized spacial score (nSPS) is 11.9. The molecular weight excluding hydrogens is 394 g/mol. The summed E-state index contributed by atoms with van der Waals surface area (Å²) in [6.45, 7) is -0.0404. The first-order valence-corrected chi connectivity index (χ1v) is 9.21. The molecule has 1 atom stereocenters. The number of halogens is 2. The van der Waals surface area contributed by atoms with E-state index in [1.54, 1.807) is 38.5 Å². The Kier molecular flexibility index (Phi) is 6.31. The highest BCUT2D eigenvalue weighted by atomic mass is 19.1. The summed E-state index contributed by atoms with van der Waals surface area (Å²) in [6.07, 6.45) is 0.478. The molecule has 0 fully saturated rings. The van der Waals surface area contributed by atoms with E-state index in [1.165, 1.54) is 4.90 Å². The van der Waals surface area contributed by atoms with Gasteiger partial charge in [-0.1, -0.05) is 6.07 Å². The molecule has 3 N–H and O–H groups in total. The molecule has 0 saturated carbocycles. The number of fused-ring (bicyclic) bond motifs is 1. The fourth-order valence-corrected chi connectivity index (χ4v) is 2.95. The monoisotopic (exact) mass is 416 g/mol. The molecular formula is C21H22F2N4O3. The van der Waals surface area contributed by atoms with Gasteiger partial charge in [-0.2, -0.15) is 0 Å². The molecule has 0 bridgehead atoms. The minimum Gasteiger partial charge on any atom is -0.386 e. The molecule has 3 aromatic rings. The molecule has 0 spiro atoms. The predicted octanol–water partition coefficient (Wildman–Crippen LogP) is 2.86. The second-order valence-corrected chi connectivity index (χ2v) is 7.02. The summed E-state index contributed by atoms with van der Waals surface area (Å²) in [5.74, 6) is -1.66. The Morgan fingerprint density at radius 2 is 1.90 bits per heavy atom. The summed E-state index contributed by atoms with van der Waals surface area (Å²) >= 11 is 0. The molecule has 1 heterocycles. The zero-order valence-corrected chi connectivity index (χ0v) is 16.5. The van der Waals surface area contributed by atoms with Gasteiger partial charge in [0.2, 0.25) is 5.91 Å². The number of aromatic nitrogens is 1. The number of anilines is 1. The first-order valence-electron chi connectivity index (χ1n) is 9.21. The molecule has 0 radical (unpaired) electrons. The lowest BCUT2D eigenvalue weighted by Gasteiger charge is -2.14. The summed E-state index contributed by atoms with van der Waals surface area (Å²) in [4.78, 5) is 25.5. The first kappa shape index (κ1) is 21.3. The minimum absolute atomic E-state index is 0.0368. The van der Waals surface area contributed by atoms with Crippen LogP contribution < -0.4 is 10.6 Å². The van der Waals surface area contributed by atoms with Gasteiger partial charge in [0.1, 0.15) is 18.2 Å². The molecule has 3 amide bonds. The fraction of sp³-hybridized carbons (Fsp3) is 0.238. The maximum Gasteiger partial charge on any atom is 0.319 e. The summed E-state index contributed by atoms with van der Waals surface area (Å²) in [5.41, 5.74) is 1.25. The van der Waals surface area contributed by atoms with Gasteiger partial charge in [-0.15, -0.1) is 0 Å². The lowest BCUT2D eigenvalue weighted by atomic mass is 10.1. The Labute approximate surface area is 171 Å². The SMILES string of the molecule is CN(C)C(=O)Cn1ccc2cc(NC(=O)NCC(O)c3ccc(F)cc3F)ccc21. The van der Waals surface area contributed by atoms with Crippen LogP contribution in [0.3, 0.4) is 0 Å². The standard InChI is InChI=1S/C21H22F2N4O3/c1-26(2)20(29)12-27-8-7-13-9-15(4-6-18(13)27)25-21(30)24-11-19(28)16-5-3-14(22)10-17(16)23/h3-10,19,28H,11-12H2,1-2H3,(H2,24,25,30). The van der Waals surface area contributed by atoms with Crippen molar-refractivity contribution in [3.05, 3.63) is 65.9 Å². The molecule has 9 heteroatoms. The van der Waals surface area contributed by atoms with Crippen molar-refractivity contribution in [1.29, 1.82) is 0 Å². The molecule has 30 heavy (non-hydrogen) atoms. The topological polar surface area (TPSA) is 86.6 Å². The van der Waals surface area contributed by atoms with E-state index in [-0.39, 0.29) is 24.6 Å². The van der Waals surface area contributed by atoms with Gasteiger partial charge in [0.25, 0.3) is 0 Å². The molecule has 1 unspecified atom stereocenters. The first-order chi connectivity index (χ1) is 14.2. The van der Waals surface area contributed by atoms with Crippen molar-refractivity contribution in [3.63, 3.8) is 0 Å². The number of nitrogens with one attached hydrogen (secondary N) is 2. The number of aliphatic hydroxyl groups is 1. The molecule has 0 aliphatic heterocycles. The van der Waals surface area contributed by atoms with Crippen molar-refractivity contribution in [2.45, 2.75) is 12.6 Å². The average Bonchev–Trinajstić information content (AvgIpc) is 3.08. The zero-order chi connectivity index (χ0) is 21.8. The largest absolute Gasteiger partial charge is 0.386 e. The van der Waals surface area contributed by atoms with E-state index >= 15 is 0 Å². The molecule has 2 aromatic carbocycles. The Hall–Kier alpha value is -3.46. The van der Waals surface area contributed by atoms with E-state index in [4.69, 9.17) is 0 Å². The highest BCUT2D eigenvalue weighted by Gasteiger charge is 2.15. The van der Waals surface area contributed by atoms with Crippen LogP contribution in [-0.2, 0) is 11.3 Å². The number of aliphatic hydroxyl groups excluding tert-OH is 1. The number of benzene rings is 2. The van der Waals surface area contributed by atoms with E-state index in [2.05, 4.69) is 10.6 Å². The molecule has 1 aromatic heterocycles. The second kappa shape index (κ2) is 8.91. The Morgan fingerprint density at radius 3 is 2.60 bits per heavy atom. The van der Waals surface area contributed by atoms with Crippen molar-refractivity contribution < 1.29 is 23.5 Å². The van der Waals surface area contributed by atoms with Crippen LogP contribution in [0, 0.1) is 11.6 Å². The van der Waals surface area contributed by atoms with E-state index in [0.717, 1.165) is 23.0 Å². The number of urea groups is 1. The van der Waals surface area contributed by atoms with Crippen LogP contribution in [-0.4, -0.2) is 47.2 Å². The third-order valence-corrected chi connectivity index (χ3v) is 4.61. The number of hydrogen-bond donors (Lipinski definition) is 3. The second-order valence-electron chi connectivity index (χ2n) is 7.02. The summed E-state index contributed by atoms with van der Waals surface area (Å²) < 4.78 is 28.5. The molecule has 0 saturated heterocycles. The number of carbonyl (C=O) groups is 2. The average molecular weight is 416 g/mol. The lowest BCUT2D eigenvalue weighted by Crippen LogP contribution is -2.32. The molecule has 0 aliphatic carbocycles. The lowest BCUT2D eigenvalue weighted by molar-refractivity contribution is -0.129. The molecule has 7 nitrogen and oxygen atoms in total. The van der Waals surface area contributed by atoms with Gasteiger partial charge in [-0.3, -0.25) is 4.79 Å². The van der Waals surface area contributed by atoms with Crippen molar-refractivity contribution in [2.24, 2.45) is 0 Å². The van der Waals surface area contributed by atoms with Crippen LogP contribution in [0.25, 0.3) is 10.9 Å². The quantitative estimate of drug-likeness (QED) is 0.578. The number of amides is 3. The Morgan fingerprint density at radius 1 is 1.13 bits per heavy atom. The van der Waals surface area contributed by atoms with Crippen molar-refractivity contribution in [2.75, 3.05) is 26.0 Å². The maximum absolute atomic E-state index is 13.7. The van der Waals surface area contributed by atoms with E-state index in [0.29, 0.717) is 11.8 Å². The number of hydrogen-bond acceptors (Lipinski definition) is 3. The number of nitrogens with zero attached hydrogens (tertiary/aromatic N) is 2. The smallest absolute Gasteiger partial charge is 0.319 e. The minimum atomic E-state index is -1.32. The van der Waals surface area contributed by atoms with Crippen molar-refractivity contribution in [1.82, 2.24) is 14.8 Å². The van der Waals surface area contributed by atoms with E-state index in [9.17, 15) is 23.5 Å². The highest BCUT2D eigenvalue weighted by molar-refractivity contribution is 5.93. The maximum atomic E-state index is 13.7. The van der Waals surface area contributed by atoms with Gasteiger partial charge in [0.15, 0.2) is 0 Å². The predicted molar refractivity (Wildman–Crippen MR) is 109 cm³/mol. The molecule has 3 rings (SSSR count). The van der Waals surface area contributed by atoms with E-state index in [1.807, 2.05) is 10.6 Å². The molecule has 0 aliphatic rings. The van der Waals surface area contributed by atoms with Crippen LogP contribution in [0.5, 0.6) is 0 Å². The summed E-state index contributed by atoms with van der Waals surface area (Å²) in [5, 5.41) is 15.9. The number of rotatable bonds is 6. The molecule has 158 valence electrons. The van der Waals surface area contributed by atoms with Gasteiger partial charge >= 0.3 is 6.03 Å². The zero-order valence-electron chi connectivity index (χ0n) is 16.5.